The molecule has 4 heterocycles. The van der Waals surface area contributed by atoms with Crippen molar-refractivity contribution >= 4 is 35.1 Å². The maximum atomic E-state index is 12.9. The van der Waals surface area contributed by atoms with Gasteiger partial charge in [-0.05, 0) is 87.4 Å². The van der Waals surface area contributed by atoms with Gasteiger partial charge in [0.2, 0.25) is 11.8 Å². The number of aromatic nitrogens is 6. The summed E-state index contributed by atoms with van der Waals surface area (Å²) >= 11 is 12.8. The summed E-state index contributed by atoms with van der Waals surface area (Å²) in [7, 11) is 0. The largest absolute Gasteiger partial charge is 0.442 e. The van der Waals surface area contributed by atoms with E-state index < -0.39 is 36.5 Å². The summed E-state index contributed by atoms with van der Waals surface area (Å²) < 4.78 is 24.3. The topological polar surface area (TPSA) is 214 Å². The summed E-state index contributed by atoms with van der Waals surface area (Å²) in [6.07, 6.45) is -0.226. The highest BCUT2D eigenvalue weighted by Crippen LogP contribution is 2.32. The van der Waals surface area contributed by atoms with Crippen molar-refractivity contribution in [2.75, 3.05) is 0 Å². The number of halogens is 2. The van der Waals surface area contributed by atoms with Gasteiger partial charge in [-0.3, -0.25) is 19.2 Å². The molecule has 6 aromatic rings. The molecule has 0 spiro atoms. The van der Waals surface area contributed by atoms with Crippen LogP contribution in [0, 0.1) is 50.4 Å². The van der Waals surface area contributed by atoms with Crippen LogP contribution in [0.25, 0.3) is 0 Å². The number of benzene rings is 2. The standard InChI is InChI=1S/C44H36Cl2N8O8/c1-25-11-33(15-29-5-7-35(45)37(17-29)61-39-19-31(21-47)13-27(3)49-39)51-53(43(25)57)23-59-41(55)9-10-42(56)60-24-54-44(58)26(2)12-34(52-54)16-30-6-8-36(46)38(18-30)62-40-20-32(22-48)14-28(4)50-40/h5-8,11-14,17-20H,9-10,15-16,23-24H2,1-4H3. The highest BCUT2D eigenvalue weighted by atomic mass is 35.5. The number of hydrogen-bond acceptors (Lipinski definition) is 14. The Morgan fingerprint density at radius 1 is 0.613 bits per heavy atom. The average Bonchev–Trinajstić information content (AvgIpc) is 3.23. The number of nitrogens with zero attached hydrogens (tertiary/aromatic N) is 8. The minimum atomic E-state index is -0.786. The van der Waals surface area contributed by atoms with E-state index in [2.05, 4.69) is 32.3 Å². The van der Waals surface area contributed by atoms with Gasteiger partial charge in [0.15, 0.2) is 13.5 Å². The Balaban J connectivity index is 1.02. The smallest absolute Gasteiger partial charge is 0.308 e. The van der Waals surface area contributed by atoms with Gasteiger partial charge in [0, 0.05) is 47.5 Å². The predicted molar refractivity (Wildman–Crippen MR) is 224 cm³/mol. The number of ether oxygens (including phenoxy) is 4. The van der Waals surface area contributed by atoms with E-state index in [-0.39, 0.29) is 37.4 Å². The molecule has 62 heavy (non-hydrogen) atoms. The number of esters is 2. The molecule has 0 unspecified atom stereocenters. The summed E-state index contributed by atoms with van der Waals surface area (Å²) in [5, 5.41) is 27.9. The minimum absolute atomic E-state index is 0.203. The van der Waals surface area contributed by atoms with Gasteiger partial charge in [0.05, 0.1) is 57.5 Å². The highest BCUT2D eigenvalue weighted by Gasteiger charge is 2.16. The van der Waals surface area contributed by atoms with Crippen molar-refractivity contribution in [3.05, 3.63) is 160 Å². The average molecular weight is 876 g/mol. The van der Waals surface area contributed by atoms with Gasteiger partial charge >= 0.3 is 11.9 Å². The van der Waals surface area contributed by atoms with E-state index in [1.807, 2.05) is 0 Å². The fourth-order valence-corrected chi connectivity index (χ4v) is 6.39. The fraction of sp³-hybridized carbons (Fsp3) is 0.227. The first-order valence-electron chi connectivity index (χ1n) is 18.8. The van der Waals surface area contributed by atoms with E-state index in [1.165, 1.54) is 12.1 Å². The molecular weight excluding hydrogens is 839 g/mol. The maximum absolute atomic E-state index is 12.9. The molecule has 0 N–H and O–H groups in total. The van der Waals surface area contributed by atoms with Gasteiger partial charge in [0.25, 0.3) is 11.1 Å². The van der Waals surface area contributed by atoms with Crippen LogP contribution in [0.3, 0.4) is 0 Å². The lowest BCUT2D eigenvalue weighted by molar-refractivity contribution is -0.155. The minimum Gasteiger partial charge on any atom is -0.442 e. The van der Waals surface area contributed by atoms with Crippen molar-refractivity contribution in [1.82, 2.24) is 29.5 Å². The second-order valence-corrected chi connectivity index (χ2v) is 14.8. The molecule has 0 aliphatic rings. The van der Waals surface area contributed by atoms with Crippen molar-refractivity contribution in [2.24, 2.45) is 0 Å². The van der Waals surface area contributed by atoms with Crippen LogP contribution in [0.5, 0.6) is 23.3 Å². The number of rotatable bonds is 15. The molecule has 0 amide bonds. The van der Waals surface area contributed by atoms with E-state index in [1.54, 1.807) is 88.4 Å². The fourth-order valence-electron chi connectivity index (χ4n) is 6.08. The van der Waals surface area contributed by atoms with Crippen LogP contribution < -0.4 is 20.6 Å². The number of carbonyl (C=O) groups excluding carboxylic acids is 2. The molecule has 4 aromatic heterocycles. The highest BCUT2D eigenvalue weighted by molar-refractivity contribution is 6.32. The Morgan fingerprint density at radius 3 is 1.40 bits per heavy atom. The molecule has 314 valence electrons. The van der Waals surface area contributed by atoms with Crippen molar-refractivity contribution in [3.63, 3.8) is 0 Å². The summed E-state index contributed by atoms with van der Waals surface area (Å²) in [4.78, 5) is 59.6. The Labute approximate surface area is 364 Å². The molecule has 6 rings (SSSR count). The van der Waals surface area contributed by atoms with Crippen LogP contribution in [-0.4, -0.2) is 41.5 Å². The first-order valence-corrected chi connectivity index (χ1v) is 19.6. The SMILES string of the molecule is Cc1cc(C#N)cc(Oc2cc(Cc3cc(C)c(=O)n(COC(=O)CCC(=O)OCn4nc(Cc5ccc(Cl)c(Oc6cc(C#N)cc(C)n6)c5)cc(C)c4=O)n3)ccc2Cl)n1. The van der Waals surface area contributed by atoms with Gasteiger partial charge in [-0.1, -0.05) is 35.3 Å². The molecular formula is C44H36Cl2N8O8. The van der Waals surface area contributed by atoms with Gasteiger partial charge in [-0.25, -0.2) is 9.97 Å². The Bertz CT molecular complexity index is 2720. The predicted octanol–water partition coefficient (Wildman–Crippen LogP) is 7.12. The van der Waals surface area contributed by atoms with Crippen LogP contribution in [0.1, 0.15) is 69.0 Å². The van der Waals surface area contributed by atoms with Gasteiger partial charge in [0.1, 0.15) is 11.5 Å². The number of hydrogen-bond donors (Lipinski definition) is 0. The van der Waals surface area contributed by atoms with E-state index in [0.717, 1.165) is 20.5 Å². The molecule has 0 radical (unpaired) electrons. The molecule has 18 heteroatoms. The first kappa shape index (κ1) is 44.2. The van der Waals surface area contributed by atoms with Crippen molar-refractivity contribution in [1.29, 1.82) is 10.5 Å². The zero-order valence-corrected chi connectivity index (χ0v) is 35.3. The lowest BCUT2D eigenvalue weighted by Crippen LogP contribution is -2.29. The Hall–Kier alpha value is -7.40. The number of aryl methyl sites for hydroxylation is 4. The second-order valence-electron chi connectivity index (χ2n) is 14.0. The van der Waals surface area contributed by atoms with Crippen LogP contribution in [0.2, 0.25) is 10.0 Å². The van der Waals surface area contributed by atoms with Gasteiger partial charge < -0.3 is 18.9 Å². The molecule has 0 bridgehead atoms. The normalized spacial score (nSPS) is 10.7. The third kappa shape index (κ3) is 11.7. The van der Waals surface area contributed by atoms with Crippen molar-refractivity contribution in [3.8, 4) is 35.4 Å². The molecule has 0 saturated heterocycles. The summed E-state index contributed by atoms with van der Waals surface area (Å²) in [6.45, 7) is 5.68. The molecule has 2 aromatic carbocycles. The third-order valence-corrected chi connectivity index (χ3v) is 9.57. The second kappa shape index (κ2) is 19.8. The summed E-state index contributed by atoms with van der Waals surface area (Å²) in [5.41, 5.74) is 4.17. The third-order valence-electron chi connectivity index (χ3n) is 8.95. The number of pyridine rings is 2. The molecule has 0 fully saturated rings. The first-order chi connectivity index (χ1) is 29.7. The maximum Gasteiger partial charge on any atom is 0.308 e. The van der Waals surface area contributed by atoms with Crippen LogP contribution in [0.15, 0.2) is 82.4 Å². The van der Waals surface area contributed by atoms with E-state index in [4.69, 9.17) is 42.1 Å². The van der Waals surface area contributed by atoms with Crippen molar-refractivity contribution < 1.29 is 28.5 Å². The number of nitriles is 2. The van der Waals surface area contributed by atoms with Gasteiger partial charge in [-0.15, -0.1) is 0 Å². The zero-order valence-electron chi connectivity index (χ0n) is 33.8. The molecule has 16 nitrogen and oxygen atoms in total. The molecule has 0 aliphatic heterocycles. The molecule has 0 saturated carbocycles. The van der Waals surface area contributed by atoms with Gasteiger partial charge in [-0.2, -0.15) is 30.1 Å². The lowest BCUT2D eigenvalue weighted by atomic mass is 10.1. The van der Waals surface area contributed by atoms with E-state index in [0.29, 0.717) is 66.6 Å². The van der Waals surface area contributed by atoms with E-state index >= 15 is 0 Å². The molecule has 0 atom stereocenters. The Morgan fingerprint density at radius 2 is 1.02 bits per heavy atom. The monoisotopic (exact) mass is 874 g/mol. The van der Waals surface area contributed by atoms with E-state index in [9.17, 15) is 29.7 Å². The van der Waals surface area contributed by atoms with Crippen LogP contribution in [-0.2, 0) is 45.4 Å². The molecule has 0 aliphatic carbocycles. The summed E-state index contributed by atoms with van der Waals surface area (Å²) in [6, 6.07) is 23.8. The van der Waals surface area contributed by atoms with Crippen LogP contribution >= 0.6 is 23.2 Å². The Kier molecular flexibility index (Phi) is 14.1. The lowest BCUT2D eigenvalue weighted by Gasteiger charge is -2.12. The number of carbonyl (C=O) groups is 2. The van der Waals surface area contributed by atoms with Crippen molar-refractivity contribution in [2.45, 2.75) is 66.8 Å². The zero-order chi connectivity index (χ0) is 44.5. The van der Waals surface area contributed by atoms with Crippen LogP contribution in [0.4, 0.5) is 0 Å². The summed E-state index contributed by atoms with van der Waals surface area (Å²) in [5.74, 6) is -0.554. The quantitative estimate of drug-likeness (QED) is 0.0940.